The van der Waals surface area contributed by atoms with Gasteiger partial charge in [0.05, 0.1) is 6.54 Å². The van der Waals surface area contributed by atoms with Gasteiger partial charge in [-0.3, -0.25) is 14.6 Å². The topological polar surface area (TPSA) is 45.5 Å². The SMILES string of the molecule is C=C(NC(=NC)c1cc(C)n(Cc2ccc(C)cc2)n1)c1ccc(CN2CCCCC2)cc1. The molecule has 0 amide bonds. The number of hydrogen-bond donors (Lipinski definition) is 1. The summed E-state index contributed by atoms with van der Waals surface area (Å²) in [6.45, 7) is 12.6. The highest BCUT2D eigenvalue weighted by Gasteiger charge is 2.13. The molecule has 0 atom stereocenters. The number of aryl methyl sites for hydroxylation is 2. The molecule has 33 heavy (non-hydrogen) atoms. The van der Waals surface area contributed by atoms with Crippen LogP contribution in [0.5, 0.6) is 0 Å². The molecule has 5 nitrogen and oxygen atoms in total. The van der Waals surface area contributed by atoms with Crippen molar-refractivity contribution in [3.05, 3.63) is 94.8 Å². The lowest BCUT2D eigenvalue weighted by Crippen LogP contribution is -2.29. The van der Waals surface area contributed by atoms with Gasteiger partial charge in [0.2, 0.25) is 0 Å². The van der Waals surface area contributed by atoms with Gasteiger partial charge >= 0.3 is 0 Å². The first kappa shape index (κ1) is 23.0. The molecule has 4 rings (SSSR count). The molecule has 0 spiro atoms. The Labute approximate surface area is 197 Å². The van der Waals surface area contributed by atoms with Gasteiger partial charge in [-0.1, -0.05) is 67.1 Å². The van der Waals surface area contributed by atoms with Gasteiger partial charge < -0.3 is 5.32 Å². The second-order valence-electron chi connectivity index (χ2n) is 9.02. The summed E-state index contributed by atoms with van der Waals surface area (Å²) in [5.74, 6) is 0.725. The molecule has 172 valence electrons. The van der Waals surface area contributed by atoms with Gasteiger partial charge in [-0.05, 0) is 62.5 Å². The molecule has 0 unspecified atom stereocenters. The minimum atomic E-state index is 0.725. The number of benzene rings is 2. The van der Waals surface area contributed by atoms with E-state index < -0.39 is 0 Å². The van der Waals surface area contributed by atoms with Crippen molar-refractivity contribution in [1.29, 1.82) is 0 Å². The van der Waals surface area contributed by atoms with Gasteiger partial charge in [-0.2, -0.15) is 5.10 Å². The standard InChI is InChI=1S/C28H35N5/c1-21-8-10-25(11-9-21)20-33-22(2)18-27(31-33)28(29-4)30-23(3)26-14-12-24(13-15-26)19-32-16-6-5-7-17-32/h8-15,18H,3,5-7,16-17,19-20H2,1-2,4H3,(H,29,30). The van der Waals surface area contributed by atoms with E-state index in [2.05, 4.69) is 90.2 Å². The van der Waals surface area contributed by atoms with Crippen LogP contribution in [-0.4, -0.2) is 40.7 Å². The van der Waals surface area contributed by atoms with Gasteiger partial charge in [-0.15, -0.1) is 0 Å². The Morgan fingerprint density at radius 1 is 0.939 bits per heavy atom. The molecule has 2 aromatic carbocycles. The van der Waals surface area contributed by atoms with Gasteiger partial charge in [-0.25, -0.2) is 0 Å². The highest BCUT2D eigenvalue weighted by molar-refractivity contribution is 6.01. The fraction of sp³-hybridized carbons (Fsp3) is 0.357. The molecule has 0 saturated carbocycles. The van der Waals surface area contributed by atoms with E-state index in [0.717, 1.165) is 41.6 Å². The molecule has 0 aliphatic carbocycles. The van der Waals surface area contributed by atoms with Crippen LogP contribution >= 0.6 is 0 Å². The van der Waals surface area contributed by atoms with E-state index in [0.29, 0.717) is 0 Å². The highest BCUT2D eigenvalue weighted by Crippen LogP contribution is 2.17. The Morgan fingerprint density at radius 2 is 1.58 bits per heavy atom. The first-order chi connectivity index (χ1) is 16.0. The van der Waals surface area contributed by atoms with Crippen LogP contribution in [0.4, 0.5) is 0 Å². The first-order valence-electron chi connectivity index (χ1n) is 11.9. The van der Waals surface area contributed by atoms with E-state index in [1.165, 1.54) is 49.0 Å². The van der Waals surface area contributed by atoms with E-state index >= 15 is 0 Å². The highest BCUT2D eigenvalue weighted by atomic mass is 15.3. The molecular formula is C28H35N5. The van der Waals surface area contributed by atoms with Crippen molar-refractivity contribution in [1.82, 2.24) is 20.0 Å². The van der Waals surface area contributed by atoms with Crippen molar-refractivity contribution >= 4 is 11.5 Å². The van der Waals surface area contributed by atoms with Crippen LogP contribution in [-0.2, 0) is 13.1 Å². The van der Waals surface area contributed by atoms with Crippen LogP contribution in [0.3, 0.4) is 0 Å². The Kier molecular flexibility index (Phi) is 7.40. The van der Waals surface area contributed by atoms with Gasteiger partial charge in [0, 0.05) is 25.0 Å². The normalized spacial score (nSPS) is 14.9. The third-order valence-electron chi connectivity index (χ3n) is 6.33. The predicted molar refractivity (Wildman–Crippen MR) is 137 cm³/mol. The maximum Gasteiger partial charge on any atom is 0.153 e. The molecule has 0 bridgehead atoms. The van der Waals surface area contributed by atoms with Crippen LogP contribution in [0.2, 0.25) is 0 Å². The van der Waals surface area contributed by atoms with E-state index in [1.54, 1.807) is 7.05 Å². The molecule has 1 aliphatic heterocycles. The lowest BCUT2D eigenvalue weighted by Gasteiger charge is -2.26. The number of aliphatic imine (C=N–C) groups is 1. The van der Waals surface area contributed by atoms with Crippen molar-refractivity contribution < 1.29 is 0 Å². The lowest BCUT2D eigenvalue weighted by atomic mass is 10.1. The lowest BCUT2D eigenvalue weighted by molar-refractivity contribution is 0.221. The van der Waals surface area contributed by atoms with Crippen LogP contribution < -0.4 is 5.32 Å². The summed E-state index contributed by atoms with van der Waals surface area (Å²) in [6, 6.07) is 19.3. The predicted octanol–water partition coefficient (Wildman–Crippen LogP) is 5.17. The molecule has 1 aliphatic rings. The zero-order chi connectivity index (χ0) is 23.2. The minimum Gasteiger partial charge on any atom is -0.339 e. The van der Waals surface area contributed by atoms with Crippen LogP contribution in [0.1, 0.15) is 52.9 Å². The molecule has 1 N–H and O–H groups in total. The van der Waals surface area contributed by atoms with Crippen molar-refractivity contribution in [2.75, 3.05) is 20.1 Å². The third-order valence-corrected chi connectivity index (χ3v) is 6.33. The average Bonchev–Trinajstić information content (AvgIpc) is 3.19. The molecular weight excluding hydrogens is 406 g/mol. The maximum absolute atomic E-state index is 4.80. The summed E-state index contributed by atoms with van der Waals surface area (Å²) < 4.78 is 2.02. The fourth-order valence-corrected chi connectivity index (χ4v) is 4.29. The van der Waals surface area contributed by atoms with Crippen LogP contribution in [0.25, 0.3) is 5.70 Å². The quantitative estimate of drug-likeness (QED) is 0.406. The average molecular weight is 442 g/mol. The zero-order valence-corrected chi connectivity index (χ0v) is 20.1. The minimum absolute atomic E-state index is 0.725. The number of hydrogen-bond acceptors (Lipinski definition) is 3. The fourth-order valence-electron chi connectivity index (χ4n) is 4.29. The number of rotatable bonds is 7. The van der Waals surface area contributed by atoms with Gasteiger partial charge in [0.25, 0.3) is 0 Å². The number of nitrogens with zero attached hydrogens (tertiary/aromatic N) is 4. The van der Waals surface area contributed by atoms with E-state index in [-0.39, 0.29) is 0 Å². The molecule has 5 heteroatoms. The summed E-state index contributed by atoms with van der Waals surface area (Å²) in [5.41, 5.74) is 7.66. The second kappa shape index (κ2) is 10.6. The van der Waals surface area contributed by atoms with Crippen molar-refractivity contribution in [3.63, 3.8) is 0 Å². The number of piperidine rings is 1. The number of likely N-dealkylation sites (tertiary alicyclic amines) is 1. The summed E-state index contributed by atoms with van der Waals surface area (Å²) in [7, 11) is 1.78. The Morgan fingerprint density at radius 3 is 2.24 bits per heavy atom. The number of aromatic nitrogens is 2. The smallest absolute Gasteiger partial charge is 0.153 e. The molecule has 1 fully saturated rings. The second-order valence-corrected chi connectivity index (χ2v) is 9.02. The van der Waals surface area contributed by atoms with E-state index in [1.807, 2.05) is 4.68 Å². The third kappa shape index (κ3) is 5.99. The Balaban J connectivity index is 1.40. The molecule has 3 aromatic rings. The summed E-state index contributed by atoms with van der Waals surface area (Å²) >= 11 is 0. The van der Waals surface area contributed by atoms with Gasteiger partial charge in [0.15, 0.2) is 5.84 Å². The van der Waals surface area contributed by atoms with Crippen molar-refractivity contribution in [3.8, 4) is 0 Å². The Bertz CT molecular complexity index is 1100. The molecule has 1 saturated heterocycles. The first-order valence-corrected chi connectivity index (χ1v) is 11.9. The summed E-state index contributed by atoms with van der Waals surface area (Å²) in [4.78, 5) is 7.00. The Hall–Kier alpha value is -3.18. The zero-order valence-electron chi connectivity index (χ0n) is 20.1. The monoisotopic (exact) mass is 441 g/mol. The van der Waals surface area contributed by atoms with E-state index in [4.69, 9.17) is 5.10 Å². The van der Waals surface area contributed by atoms with Crippen molar-refractivity contribution in [2.24, 2.45) is 4.99 Å². The number of amidine groups is 1. The molecule has 2 heterocycles. The molecule has 1 aromatic heterocycles. The number of nitrogens with one attached hydrogen (secondary N) is 1. The van der Waals surface area contributed by atoms with Crippen LogP contribution in [0, 0.1) is 13.8 Å². The van der Waals surface area contributed by atoms with Crippen molar-refractivity contribution in [2.45, 2.75) is 46.2 Å². The maximum atomic E-state index is 4.80. The van der Waals surface area contributed by atoms with E-state index in [9.17, 15) is 0 Å². The van der Waals surface area contributed by atoms with Crippen LogP contribution in [0.15, 0.2) is 66.2 Å². The van der Waals surface area contributed by atoms with Gasteiger partial charge in [0.1, 0.15) is 5.69 Å². The summed E-state index contributed by atoms with van der Waals surface area (Å²) in [6.07, 6.45) is 4.00. The largest absolute Gasteiger partial charge is 0.339 e. The summed E-state index contributed by atoms with van der Waals surface area (Å²) in [5, 5.41) is 8.18. The molecule has 0 radical (unpaired) electrons.